The number of nitrogens with zero attached hydrogens (tertiary/aromatic N) is 2. The van der Waals surface area contributed by atoms with Crippen LogP contribution in [0.5, 0.6) is 0 Å². The van der Waals surface area contributed by atoms with Crippen LogP contribution in [0.25, 0.3) is 0 Å². The molecule has 1 heterocycles. The minimum absolute atomic E-state index is 0.236. The first-order chi connectivity index (χ1) is 7.18. The summed E-state index contributed by atoms with van der Waals surface area (Å²) in [5.41, 5.74) is 1.39. The smallest absolute Gasteiger partial charge is 0.135 e. The van der Waals surface area contributed by atoms with E-state index in [9.17, 15) is 0 Å². The summed E-state index contributed by atoms with van der Waals surface area (Å²) in [4.78, 5) is 9.10. The summed E-state index contributed by atoms with van der Waals surface area (Å²) in [5.74, 6) is 1.51. The molecule has 0 aromatic carbocycles. The van der Waals surface area contributed by atoms with E-state index in [0.29, 0.717) is 5.92 Å². The predicted molar refractivity (Wildman–Crippen MR) is 61.0 cm³/mol. The monoisotopic (exact) mass is 205 g/mol. The van der Waals surface area contributed by atoms with Crippen LogP contribution in [0.15, 0.2) is 12.3 Å². The molecule has 0 amide bonds. The molecule has 0 bridgehead atoms. The Labute approximate surface area is 91.3 Å². The summed E-state index contributed by atoms with van der Waals surface area (Å²) in [6, 6.07) is 2.02. The molecule has 1 aromatic rings. The van der Waals surface area contributed by atoms with Gasteiger partial charge in [-0.05, 0) is 31.9 Å². The molecule has 3 heteroatoms. The zero-order valence-electron chi connectivity index (χ0n) is 9.75. The minimum Gasteiger partial charge on any atom is -0.319 e. The van der Waals surface area contributed by atoms with Gasteiger partial charge in [-0.15, -0.1) is 0 Å². The highest BCUT2D eigenvalue weighted by molar-refractivity contribution is 5.21. The molecule has 0 unspecified atom stereocenters. The molecule has 82 valence electrons. The van der Waals surface area contributed by atoms with Crippen molar-refractivity contribution in [3.63, 3.8) is 0 Å². The maximum Gasteiger partial charge on any atom is 0.135 e. The number of hydrogen-bond donors (Lipinski definition) is 1. The Bertz CT molecular complexity index is 342. The Morgan fingerprint density at radius 1 is 1.47 bits per heavy atom. The summed E-state index contributed by atoms with van der Waals surface area (Å²) < 4.78 is 0. The van der Waals surface area contributed by atoms with Crippen molar-refractivity contribution in [1.82, 2.24) is 15.3 Å². The lowest BCUT2D eigenvalue weighted by Crippen LogP contribution is -2.26. The lowest BCUT2D eigenvalue weighted by Gasteiger charge is -2.14. The van der Waals surface area contributed by atoms with Gasteiger partial charge in [0.25, 0.3) is 0 Å². The third-order valence-electron chi connectivity index (χ3n) is 3.11. The molecule has 1 fully saturated rings. The van der Waals surface area contributed by atoms with Gasteiger partial charge in [0, 0.05) is 23.9 Å². The molecule has 3 nitrogen and oxygen atoms in total. The quantitative estimate of drug-likeness (QED) is 0.815. The van der Waals surface area contributed by atoms with E-state index in [-0.39, 0.29) is 5.41 Å². The van der Waals surface area contributed by atoms with Gasteiger partial charge in [0.05, 0.1) is 0 Å². The number of hydrogen-bond acceptors (Lipinski definition) is 3. The van der Waals surface area contributed by atoms with Crippen molar-refractivity contribution in [3.05, 3.63) is 23.8 Å². The van der Waals surface area contributed by atoms with Gasteiger partial charge in [-0.2, -0.15) is 0 Å². The Morgan fingerprint density at radius 2 is 2.20 bits per heavy atom. The van der Waals surface area contributed by atoms with Crippen LogP contribution >= 0.6 is 0 Å². The molecular weight excluding hydrogens is 186 g/mol. The molecule has 0 radical (unpaired) electrons. The number of rotatable bonds is 4. The highest BCUT2D eigenvalue weighted by Crippen LogP contribution is 2.45. The summed E-state index contributed by atoms with van der Waals surface area (Å²) in [5, 5.41) is 3.24. The molecule has 1 aliphatic carbocycles. The van der Waals surface area contributed by atoms with Crippen molar-refractivity contribution < 1.29 is 0 Å². The van der Waals surface area contributed by atoms with Crippen molar-refractivity contribution in [1.29, 1.82) is 0 Å². The summed E-state index contributed by atoms with van der Waals surface area (Å²) in [7, 11) is 1.99. The molecule has 0 saturated heterocycles. The second kappa shape index (κ2) is 3.89. The molecule has 1 aromatic heterocycles. The van der Waals surface area contributed by atoms with Gasteiger partial charge in [-0.1, -0.05) is 13.8 Å². The van der Waals surface area contributed by atoms with Crippen molar-refractivity contribution in [2.24, 2.45) is 0 Å². The number of likely N-dealkylation sites (N-methyl/N-ethyl adjacent to an activating group) is 1. The van der Waals surface area contributed by atoms with Gasteiger partial charge in [0.2, 0.25) is 0 Å². The van der Waals surface area contributed by atoms with E-state index in [0.717, 1.165) is 18.1 Å². The predicted octanol–water partition coefficient (Wildman–Crippen LogP) is 1.85. The molecule has 15 heavy (non-hydrogen) atoms. The molecule has 0 atom stereocenters. The first kappa shape index (κ1) is 10.6. The summed E-state index contributed by atoms with van der Waals surface area (Å²) >= 11 is 0. The fourth-order valence-corrected chi connectivity index (χ4v) is 1.92. The van der Waals surface area contributed by atoms with Gasteiger partial charge in [-0.25, -0.2) is 9.97 Å². The second-order valence-electron chi connectivity index (χ2n) is 4.77. The summed E-state index contributed by atoms with van der Waals surface area (Å²) in [6.45, 7) is 5.34. The number of aromatic nitrogens is 2. The largest absolute Gasteiger partial charge is 0.319 e. The van der Waals surface area contributed by atoms with E-state index >= 15 is 0 Å². The van der Waals surface area contributed by atoms with Crippen LogP contribution in [0.3, 0.4) is 0 Å². The zero-order chi connectivity index (χ0) is 10.9. The SMILES string of the molecule is CNCC1(c2nccc(C(C)C)n2)CC1. The molecule has 1 aliphatic rings. The van der Waals surface area contributed by atoms with Crippen LogP contribution in [-0.2, 0) is 5.41 Å². The molecule has 1 N–H and O–H groups in total. The van der Waals surface area contributed by atoms with Crippen LogP contribution in [0.4, 0.5) is 0 Å². The van der Waals surface area contributed by atoms with E-state index in [2.05, 4.69) is 29.1 Å². The maximum absolute atomic E-state index is 4.67. The fraction of sp³-hybridized carbons (Fsp3) is 0.667. The molecule has 0 spiro atoms. The van der Waals surface area contributed by atoms with E-state index in [1.807, 2.05) is 19.3 Å². The standard InChI is InChI=1S/C12H19N3/c1-9(2)10-4-7-14-11(15-10)12(5-6-12)8-13-3/h4,7,9,13H,5-6,8H2,1-3H3. The van der Waals surface area contributed by atoms with Gasteiger partial charge < -0.3 is 5.32 Å². The lowest BCUT2D eigenvalue weighted by atomic mass is 10.1. The Balaban J connectivity index is 2.25. The lowest BCUT2D eigenvalue weighted by molar-refractivity contribution is 0.580. The first-order valence-electron chi connectivity index (χ1n) is 5.66. The van der Waals surface area contributed by atoms with Crippen LogP contribution in [0.2, 0.25) is 0 Å². The van der Waals surface area contributed by atoms with Gasteiger partial charge >= 0.3 is 0 Å². The Morgan fingerprint density at radius 3 is 2.73 bits per heavy atom. The molecule has 1 saturated carbocycles. The average molecular weight is 205 g/mol. The fourth-order valence-electron chi connectivity index (χ4n) is 1.92. The van der Waals surface area contributed by atoms with E-state index in [1.54, 1.807) is 0 Å². The van der Waals surface area contributed by atoms with E-state index < -0.39 is 0 Å². The molecule has 0 aliphatic heterocycles. The van der Waals surface area contributed by atoms with Crippen LogP contribution in [0, 0.1) is 0 Å². The van der Waals surface area contributed by atoms with Crippen molar-refractivity contribution in [3.8, 4) is 0 Å². The minimum atomic E-state index is 0.236. The summed E-state index contributed by atoms with van der Waals surface area (Å²) in [6.07, 6.45) is 4.33. The van der Waals surface area contributed by atoms with Crippen LogP contribution < -0.4 is 5.32 Å². The third-order valence-corrected chi connectivity index (χ3v) is 3.11. The maximum atomic E-state index is 4.67. The topological polar surface area (TPSA) is 37.8 Å². The second-order valence-corrected chi connectivity index (χ2v) is 4.77. The normalized spacial score (nSPS) is 18.1. The first-order valence-corrected chi connectivity index (χ1v) is 5.66. The van der Waals surface area contributed by atoms with Crippen molar-refractivity contribution in [2.45, 2.75) is 38.0 Å². The van der Waals surface area contributed by atoms with Crippen LogP contribution in [0.1, 0.15) is 44.1 Å². The highest BCUT2D eigenvalue weighted by atomic mass is 15.0. The molecular formula is C12H19N3. The van der Waals surface area contributed by atoms with E-state index in [1.165, 1.54) is 12.8 Å². The Kier molecular flexibility index (Phi) is 2.74. The van der Waals surface area contributed by atoms with Gasteiger partial charge in [-0.3, -0.25) is 0 Å². The highest BCUT2D eigenvalue weighted by Gasteiger charge is 2.46. The average Bonchev–Trinajstić information content (AvgIpc) is 3.00. The van der Waals surface area contributed by atoms with E-state index in [4.69, 9.17) is 0 Å². The Hall–Kier alpha value is -0.960. The zero-order valence-corrected chi connectivity index (χ0v) is 9.75. The van der Waals surface area contributed by atoms with Crippen molar-refractivity contribution in [2.75, 3.05) is 13.6 Å². The molecule has 2 rings (SSSR count). The number of nitrogens with one attached hydrogen (secondary N) is 1. The van der Waals surface area contributed by atoms with Crippen LogP contribution in [-0.4, -0.2) is 23.6 Å². The third kappa shape index (κ3) is 2.02. The van der Waals surface area contributed by atoms with Gasteiger partial charge in [0.1, 0.15) is 5.82 Å². The van der Waals surface area contributed by atoms with Crippen molar-refractivity contribution >= 4 is 0 Å². The van der Waals surface area contributed by atoms with Gasteiger partial charge in [0.15, 0.2) is 0 Å².